The molecule has 0 radical (unpaired) electrons. The fourth-order valence-electron chi connectivity index (χ4n) is 1.98. The molecule has 0 spiro atoms. The second-order valence-corrected chi connectivity index (χ2v) is 5.58. The number of aliphatic hydroxyl groups is 1. The van der Waals surface area contributed by atoms with Crippen molar-refractivity contribution < 1.29 is 5.11 Å². The van der Waals surface area contributed by atoms with E-state index in [0.717, 1.165) is 23.4 Å². The lowest BCUT2D eigenvalue weighted by Gasteiger charge is -2.30. The topological polar surface area (TPSA) is 20.2 Å². The monoisotopic (exact) mass is 224 g/mol. The van der Waals surface area contributed by atoms with Crippen LogP contribution >= 0.6 is 11.6 Å². The maximum Gasteiger partial charge on any atom is 0.0713 e. The normalized spacial score (nSPS) is 22.1. The molecule has 1 aliphatic rings. The fraction of sp³-hybridized carbons (Fsp3) is 0.538. The third-order valence-corrected chi connectivity index (χ3v) is 3.97. The van der Waals surface area contributed by atoms with E-state index in [0.29, 0.717) is 6.42 Å². The van der Waals surface area contributed by atoms with Gasteiger partial charge < -0.3 is 5.11 Å². The highest BCUT2D eigenvalue weighted by atomic mass is 35.5. The predicted molar refractivity (Wildman–Crippen MR) is 63.1 cm³/mol. The van der Waals surface area contributed by atoms with Crippen molar-refractivity contribution in [2.45, 2.75) is 38.7 Å². The summed E-state index contributed by atoms with van der Waals surface area (Å²) in [6.45, 7) is 4.08. The van der Waals surface area contributed by atoms with Crippen molar-refractivity contribution in [2.75, 3.05) is 0 Å². The van der Waals surface area contributed by atoms with Gasteiger partial charge in [0.05, 0.1) is 5.60 Å². The first-order valence-electron chi connectivity index (χ1n) is 5.40. The maximum atomic E-state index is 10.4. The molecule has 1 aliphatic carbocycles. The molecule has 1 fully saturated rings. The molecule has 0 bridgehead atoms. The molecule has 15 heavy (non-hydrogen) atoms. The summed E-state index contributed by atoms with van der Waals surface area (Å²) >= 11 is 5.92. The number of rotatable bonds is 3. The Morgan fingerprint density at radius 2 is 2.13 bits per heavy atom. The minimum Gasteiger partial charge on any atom is -0.389 e. The lowest BCUT2D eigenvalue weighted by molar-refractivity contribution is -0.00701. The average Bonchev–Trinajstić information content (AvgIpc) is 2.84. The lowest BCUT2D eigenvalue weighted by Crippen LogP contribution is -2.36. The zero-order chi connectivity index (χ0) is 11.1. The number of hydrogen-bond acceptors (Lipinski definition) is 1. The van der Waals surface area contributed by atoms with Crippen LogP contribution in [0.2, 0.25) is 5.02 Å². The van der Waals surface area contributed by atoms with Crippen LogP contribution in [0.3, 0.4) is 0 Å². The third-order valence-electron chi connectivity index (χ3n) is 3.74. The van der Waals surface area contributed by atoms with Gasteiger partial charge in [-0.2, -0.15) is 0 Å². The predicted octanol–water partition coefficient (Wildman–Crippen LogP) is 3.43. The maximum absolute atomic E-state index is 10.4. The van der Waals surface area contributed by atoms with Crippen LogP contribution in [-0.2, 0) is 6.42 Å². The van der Waals surface area contributed by atoms with Crippen molar-refractivity contribution in [1.29, 1.82) is 0 Å². The Hall–Kier alpha value is -0.530. The molecular formula is C13H17ClO. The molecule has 82 valence electrons. The Labute approximate surface area is 96.1 Å². The van der Waals surface area contributed by atoms with E-state index in [2.05, 4.69) is 6.92 Å². The number of benzene rings is 1. The van der Waals surface area contributed by atoms with E-state index in [1.54, 1.807) is 0 Å². The third kappa shape index (κ3) is 2.19. The quantitative estimate of drug-likeness (QED) is 0.834. The Morgan fingerprint density at radius 3 is 2.67 bits per heavy atom. The molecule has 1 atom stereocenters. The molecule has 0 amide bonds. The second kappa shape index (κ2) is 3.50. The Balaban J connectivity index is 2.14. The van der Waals surface area contributed by atoms with Crippen molar-refractivity contribution >= 4 is 11.6 Å². The van der Waals surface area contributed by atoms with Crippen LogP contribution in [0.15, 0.2) is 24.3 Å². The molecule has 2 heteroatoms. The van der Waals surface area contributed by atoms with Gasteiger partial charge in [-0.15, -0.1) is 0 Å². The minimum atomic E-state index is -0.613. The highest BCUT2D eigenvalue weighted by Gasteiger charge is 2.51. The molecule has 0 heterocycles. The zero-order valence-corrected chi connectivity index (χ0v) is 10.0. The molecule has 1 unspecified atom stereocenters. The summed E-state index contributed by atoms with van der Waals surface area (Å²) in [7, 11) is 0. The SMILES string of the molecule is CC(O)(Cc1cccc(Cl)c1)C1(C)CC1. The Kier molecular flexibility index (Phi) is 2.56. The summed E-state index contributed by atoms with van der Waals surface area (Å²) in [6.07, 6.45) is 2.94. The van der Waals surface area contributed by atoms with Gasteiger partial charge in [-0.05, 0) is 42.9 Å². The Morgan fingerprint density at radius 1 is 1.47 bits per heavy atom. The largest absolute Gasteiger partial charge is 0.389 e. The Bertz CT molecular complexity index is 367. The van der Waals surface area contributed by atoms with Gasteiger partial charge in [0.1, 0.15) is 0 Å². The van der Waals surface area contributed by atoms with Gasteiger partial charge >= 0.3 is 0 Å². The van der Waals surface area contributed by atoms with Gasteiger partial charge in [0.25, 0.3) is 0 Å². The van der Waals surface area contributed by atoms with Crippen LogP contribution in [0.25, 0.3) is 0 Å². The molecule has 1 saturated carbocycles. The smallest absolute Gasteiger partial charge is 0.0713 e. The molecule has 0 aliphatic heterocycles. The van der Waals surface area contributed by atoms with E-state index in [1.807, 2.05) is 31.2 Å². The van der Waals surface area contributed by atoms with E-state index in [-0.39, 0.29) is 5.41 Å². The minimum absolute atomic E-state index is 0.106. The molecule has 1 aromatic rings. The van der Waals surface area contributed by atoms with Gasteiger partial charge in [0.2, 0.25) is 0 Å². The van der Waals surface area contributed by atoms with Crippen molar-refractivity contribution in [3.05, 3.63) is 34.9 Å². The average molecular weight is 225 g/mol. The first-order valence-corrected chi connectivity index (χ1v) is 5.78. The highest BCUT2D eigenvalue weighted by molar-refractivity contribution is 6.30. The molecule has 1 nitrogen and oxygen atoms in total. The summed E-state index contributed by atoms with van der Waals surface area (Å²) in [5.41, 5.74) is 0.605. The van der Waals surface area contributed by atoms with E-state index in [4.69, 9.17) is 11.6 Å². The summed E-state index contributed by atoms with van der Waals surface area (Å²) in [6, 6.07) is 7.75. The summed E-state index contributed by atoms with van der Waals surface area (Å²) in [4.78, 5) is 0. The second-order valence-electron chi connectivity index (χ2n) is 5.14. The van der Waals surface area contributed by atoms with Crippen LogP contribution in [0.4, 0.5) is 0 Å². The van der Waals surface area contributed by atoms with Gasteiger partial charge in [-0.25, -0.2) is 0 Å². The fourth-order valence-corrected chi connectivity index (χ4v) is 2.20. The summed E-state index contributed by atoms with van der Waals surface area (Å²) in [5, 5.41) is 11.2. The van der Waals surface area contributed by atoms with E-state index < -0.39 is 5.60 Å². The van der Waals surface area contributed by atoms with Crippen molar-refractivity contribution in [3.63, 3.8) is 0 Å². The molecule has 0 saturated heterocycles. The molecule has 0 aromatic heterocycles. The molecule has 1 aromatic carbocycles. The summed E-state index contributed by atoms with van der Waals surface area (Å²) < 4.78 is 0. The van der Waals surface area contributed by atoms with Crippen molar-refractivity contribution in [2.24, 2.45) is 5.41 Å². The van der Waals surface area contributed by atoms with E-state index in [9.17, 15) is 5.11 Å². The van der Waals surface area contributed by atoms with Crippen LogP contribution in [0.1, 0.15) is 32.3 Å². The highest BCUT2D eigenvalue weighted by Crippen LogP contribution is 2.54. The van der Waals surface area contributed by atoms with E-state index in [1.165, 1.54) is 0 Å². The molecular weight excluding hydrogens is 208 g/mol. The van der Waals surface area contributed by atoms with Gasteiger partial charge in [0, 0.05) is 11.4 Å². The summed E-state index contributed by atoms with van der Waals surface area (Å²) in [5.74, 6) is 0. The lowest BCUT2D eigenvalue weighted by atomic mass is 9.82. The van der Waals surface area contributed by atoms with E-state index >= 15 is 0 Å². The van der Waals surface area contributed by atoms with Crippen LogP contribution in [0, 0.1) is 5.41 Å². The zero-order valence-electron chi connectivity index (χ0n) is 9.26. The molecule has 2 rings (SSSR count). The van der Waals surface area contributed by atoms with Gasteiger partial charge in [0.15, 0.2) is 0 Å². The van der Waals surface area contributed by atoms with Gasteiger partial charge in [-0.3, -0.25) is 0 Å². The first-order chi connectivity index (χ1) is 6.93. The van der Waals surface area contributed by atoms with Crippen LogP contribution in [-0.4, -0.2) is 10.7 Å². The van der Waals surface area contributed by atoms with Crippen LogP contribution < -0.4 is 0 Å². The van der Waals surface area contributed by atoms with Crippen molar-refractivity contribution in [3.8, 4) is 0 Å². The van der Waals surface area contributed by atoms with Gasteiger partial charge in [-0.1, -0.05) is 30.7 Å². The number of hydrogen-bond donors (Lipinski definition) is 1. The van der Waals surface area contributed by atoms with Crippen molar-refractivity contribution in [1.82, 2.24) is 0 Å². The first kappa shape index (κ1) is 11.0. The number of halogens is 1. The van der Waals surface area contributed by atoms with Crippen LogP contribution in [0.5, 0.6) is 0 Å². The molecule has 1 N–H and O–H groups in total. The standard InChI is InChI=1S/C13H17ClO/c1-12(6-7-12)13(2,15)9-10-4-3-5-11(14)8-10/h3-5,8,15H,6-7,9H2,1-2H3.